The molecule has 5 heteroatoms. The summed E-state index contributed by atoms with van der Waals surface area (Å²) in [6.45, 7) is 2.54. The number of hydrogen-bond donors (Lipinski definition) is 0. The summed E-state index contributed by atoms with van der Waals surface area (Å²) in [5, 5.41) is 0. The molecule has 0 aliphatic carbocycles. The summed E-state index contributed by atoms with van der Waals surface area (Å²) in [5.41, 5.74) is 0.317. The molecule has 0 bridgehead atoms. The van der Waals surface area contributed by atoms with Crippen LogP contribution in [0.4, 0.5) is 0 Å². The van der Waals surface area contributed by atoms with Gasteiger partial charge in [0, 0.05) is 6.54 Å². The molecule has 0 spiro atoms. The highest BCUT2D eigenvalue weighted by Gasteiger charge is 2.26. The molecule has 0 saturated heterocycles. The van der Waals surface area contributed by atoms with Crippen LogP contribution in [-0.2, 0) is 14.3 Å². The van der Waals surface area contributed by atoms with E-state index < -0.39 is 5.97 Å². The highest BCUT2D eigenvalue weighted by atomic mass is 35.5. The number of esters is 1. The third-order valence-electron chi connectivity index (χ3n) is 1.88. The molecule has 1 aliphatic heterocycles. The van der Waals surface area contributed by atoms with Gasteiger partial charge in [0.2, 0.25) is 5.91 Å². The van der Waals surface area contributed by atoms with Crippen LogP contribution in [0.5, 0.6) is 0 Å². The lowest BCUT2D eigenvalue weighted by atomic mass is 10.4. The molecule has 0 aromatic carbocycles. The molecule has 78 valence electrons. The van der Waals surface area contributed by atoms with Gasteiger partial charge in [0.25, 0.3) is 0 Å². The fourth-order valence-electron chi connectivity index (χ4n) is 1.29. The van der Waals surface area contributed by atoms with Crippen LogP contribution in [0.15, 0.2) is 11.8 Å². The second kappa shape index (κ2) is 5.00. The summed E-state index contributed by atoms with van der Waals surface area (Å²) in [5.74, 6) is -0.830. The summed E-state index contributed by atoms with van der Waals surface area (Å²) in [4.78, 5) is 24.0. The van der Waals surface area contributed by atoms with E-state index in [2.05, 4.69) is 0 Å². The van der Waals surface area contributed by atoms with Gasteiger partial charge >= 0.3 is 5.97 Å². The van der Waals surface area contributed by atoms with Crippen LogP contribution in [0.2, 0.25) is 0 Å². The van der Waals surface area contributed by atoms with Crippen molar-refractivity contribution in [2.75, 3.05) is 19.0 Å². The zero-order valence-corrected chi connectivity index (χ0v) is 8.71. The number of nitrogens with zero attached hydrogens (tertiary/aromatic N) is 1. The molecule has 0 fully saturated rings. The first-order valence-electron chi connectivity index (χ1n) is 4.44. The zero-order valence-electron chi connectivity index (χ0n) is 7.96. The van der Waals surface area contributed by atoms with Crippen molar-refractivity contribution in [3.8, 4) is 0 Å². The summed E-state index contributed by atoms with van der Waals surface area (Å²) >= 11 is 5.41. The Morgan fingerprint density at radius 3 is 2.93 bits per heavy atom. The Hall–Kier alpha value is -1.03. The minimum absolute atomic E-state index is 0.114. The van der Waals surface area contributed by atoms with E-state index in [-0.39, 0.29) is 11.8 Å². The van der Waals surface area contributed by atoms with Crippen LogP contribution in [0, 0.1) is 0 Å². The van der Waals surface area contributed by atoms with Crippen LogP contribution in [0.3, 0.4) is 0 Å². The van der Waals surface area contributed by atoms with Crippen molar-refractivity contribution in [1.82, 2.24) is 4.90 Å². The molecule has 1 amide bonds. The number of rotatable bonds is 3. The van der Waals surface area contributed by atoms with Crippen molar-refractivity contribution in [3.63, 3.8) is 0 Å². The number of carbonyl (C=O) groups is 2. The summed E-state index contributed by atoms with van der Waals surface area (Å²) < 4.78 is 4.81. The third-order valence-corrected chi connectivity index (χ3v) is 2.11. The van der Waals surface area contributed by atoms with Gasteiger partial charge in [0.15, 0.2) is 0 Å². The van der Waals surface area contributed by atoms with E-state index in [1.54, 1.807) is 13.0 Å². The molecule has 1 heterocycles. The first-order chi connectivity index (χ1) is 6.70. The highest BCUT2D eigenvalue weighted by Crippen LogP contribution is 2.16. The minimum atomic E-state index is -0.455. The van der Waals surface area contributed by atoms with E-state index in [9.17, 15) is 9.59 Å². The fraction of sp³-hybridized carbons (Fsp3) is 0.556. The summed E-state index contributed by atoms with van der Waals surface area (Å²) in [7, 11) is 0. The fourth-order valence-corrected chi connectivity index (χ4v) is 1.44. The van der Waals surface area contributed by atoms with E-state index in [4.69, 9.17) is 16.3 Å². The summed E-state index contributed by atoms with van der Waals surface area (Å²) in [6.07, 6.45) is 2.37. The average Bonchev–Trinajstić information content (AvgIpc) is 2.65. The first kappa shape index (κ1) is 11.0. The minimum Gasteiger partial charge on any atom is -0.461 e. The van der Waals surface area contributed by atoms with Gasteiger partial charge in [-0.05, 0) is 13.3 Å². The molecule has 1 rings (SSSR count). The Kier molecular flexibility index (Phi) is 3.95. The molecule has 14 heavy (non-hydrogen) atoms. The number of halogens is 1. The Balaban J connectivity index is 2.68. The Bertz CT molecular complexity index is 275. The van der Waals surface area contributed by atoms with Crippen molar-refractivity contribution < 1.29 is 14.3 Å². The molecule has 0 aromatic heterocycles. The van der Waals surface area contributed by atoms with Crippen molar-refractivity contribution >= 4 is 23.5 Å². The third kappa shape index (κ3) is 2.26. The van der Waals surface area contributed by atoms with Crippen LogP contribution < -0.4 is 0 Å². The normalized spacial score (nSPS) is 15.3. The van der Waals surface area contributed by atoms with Crippen molar-refractivity contribution in [2.45, 2.75) is 13.3 Å². The van der Waals surface area contributed by atoms with Crippen LogP contribution in [0.25, 0.3) is 0 Å². The number of alkyl halides is 1. The molecule has 0 unspecified atom stereocenters. The van der Waals surface area contributed by atoms with Crippen LogP contribution in [0.1, 0.15) is 13.3 Å². The molecule has 1 aliphatic rings. The second-order valence-electron chi connectivity index (χ2n) is 2.78. The van der Waals surface area contributed by atoms with Gasteiger partial charge in [-0.2, -0.15) is 0 Å². The van der Waals surface area contributed by atoms with Gasteiger partial charge in [-0.25, -0.2) is 4.79 Å². The van der Waals surface area contributed by atoms with Gasteiger partial charge in [0.05, 0.1) is 6.61 Å². The lowest BCUT2D eigenvalue weighted by molar-refractivity contribution is -0.143. The monoisotopic (exact) mass is 217 g/mol. The van der Waals surface area contributed by atoms with Crippen molar-refractivity contribution in [1.29, 1.82) is 0 Å². The predicted octanol–water partition coefficient (Wildman–Crippen LogP) is 0.905. The first-order valence-corrected chi connectivity index (χ1v) is 4.97. The van der Waals surface area contributed by atoms with Crippen LogP contribution in [-0.4, -0.2) is 35.8 Å². The Morgan fingerprint density at radius 1 is 1.64 bits per heavy atom. The SMILES string of the molecule is CCOC(=O)C1=CCCN1C(=O)CCl. The van der Waals surface area contributed by atoms with Gasteiger partial charge in [0.1, 0.15) is 11.6 Å². The molecule has 0 aromatic rings. The lowest BCUT2D eigenvalue weighted by Crippen LogP contribution is -2.32. The van der Waals surface area contributed by atoms with Crippen molar-refractivity contribution in [3.05, 3.63) is 11.8 Å². The van der Waals surface area contributed by atoms with E-state index in [1.165, 1.54) is 4.90 Å². The number of carbonyl (C=O) groups excluding carboxylic acids is 2. The largest absolute Gasteiger partial charge is 0.461 e. The maximum atomic E-state index is 11.3. The van der Waals surface area contributed by atoms with E-state index >= 15 is 0 Å². The average molecular weight is 218 g/mol. The standard InChI is InChI=1S/C9H12ClNO3/c1-2-14-9(13)7-4-3-5-11(7)8(12)6-10/h4H,2-3,5-6H2,1H3. The maximum Gasteiger partial charge on any atom is 0.354 e. The van der Waals surface area contributed by atoms with Crippen LogP contribution >= 0.6 is 11.6 Å². The molecule has 0 N–H and O–H groups in total. The van der Waals surface area contributed by atoms with Gasteiger partial charge in [-0.1, -0.05) is 6.08 Å². The van der Waals surface area contributed by atoms with Crippen molar-refractivity contribution in [2.24, 2.45) is 0 Å². The highest BCUT2D eigenvalue weighted by molar-refractivity contribution is 6.27. The molecule has 0 saturated carbocycles. The predicted molar refractivity (Wildman–Crippen MR) is 51.8 cm³/mol. The number of amides is 1. The Labute approximate surface area is 87.5 Å². The molecule has 4 nitrogen and oxygen atoms in total. The molecule has 0 atom stereocenters. The maximum absolute atomic E-state index is 11.3. The smallest absolute Gasteiger partial charge is 0.354 e. The zero-order chi connectivity index (χ0) is 10.6. The van der Waals surface area contributed by atoms with E-state index in [0.717, 1.165) is 0 Å². The Morgan fingerprint density at radius 2 is 2.36 bits per heavy atom. The van der Waals surface area contributed by atoms with Gasteiger partial charge in [-0.15, -0.1) is 11.6 Å². The molecule has 0 radical (unpaired) electrons. The van der Waals surface area contributed by atoms with Gasteiger partial charge in [-0.3, -0.25) is 4.79 Å². The lowest BCUT2D eigenvalue weighted by Gasteiger charge is -2.17. The number of ether oxygens (including phenoxy) is 1. The van der Waals surface area contributed by atoms with Gasteiger partial charge < -0.3 is 9.64 Å². The molecular weight excluding hydrogens is 206 g/mol. The topological polar surface area (TPSA) is 46.6 Å². The molecular formula is C9H12ClNO3. The second-order valence-corrected chi connectivity index (χ2v) is 3.04. The van der Waals surface area contributed by atoms with E-state index in [1.807, 2.05) is 0 Å². The summed E-state index contributed by atoms with van der Waals surface area (Å²) in [6, 6.07) is 0. The van der Waals surface area contributed by atoms with E-state index in [0.29, 0.717) is 25.3 Å². The quantitative estimate of drug-likeness (QED) is 0.521. The number of hydrogen-bond acceptors (Lipinski definition) is 3.